The largest absolute Gasteiger partial charge is 0.448 e. The molecular formula is C19H21N3O5S. The number of carbonyl (C=O) groups is 3. The maximum absolute atomic E-state index is 12.6. The molecule has 28 heavy (non-hydrogen) atoms. The Morgan fingerprint density at radius 1 is 1.21 bits per heavy atom. The molecule has 0 saturated carbocycles. The highest BCUT2D eigenvalue weighted by molar-refractivity contribution is 7.18. The van der Waals surface area contributed by atoms with Crippen molar-refractivity contribution in [3.63, 3.8) is 0 Å². The van der Waals surface area contributed by atoms with E-state index in [0.717, 1.165) is 29.2 Å². The van der Waals surface area contributed by atoms with E-state index in [9.17, 15) is 14.4 Å². The molecule has 3 rings (SSSR count). The molecular weight excluding hydrogens is 382 g/mol. The standard InChI is InChI=1S/C19H21N3O5S/c1-12(16(23)21-19(20)25)27-18(24)15-11-14(13-5-3-2-4-6-13)17(28-15)22-7-9-26-10-8-22/h2-6,11-12H,7-10H2,1H3,(H3,20,21,23,25)/t12-/m0/s1. The first-order valence-corrected chi connectivity index (χ1v) is 9.60. The lowest BCUT2D eigenvalue weighted by Crippen LogP contribution is -2.42. The molecule has 3 N–H and O–H groups in total. The van der Waals surface area contributed by atoms with Gasteiger partial charge in [0.25, 0.3) is 5.91 Å². The van der Waals surface area contributed by atoms with Gasteiger partial charge in [-0.05, 0) is 18.6 Å². The zero-order chi connectivity index (χ0) is 20.1. The second-order valence-electron chi connectivity index (χ2n) is 6.20. The molecule has 1 aliphatic heterocycles. The topological polar surface area (TPSA) is 111 Å². The van der Waals surface area contributed by atoms with Crippen LogP contribution >= 0.6 is 11.3 Å². The van der Waals surface area contributed by atoms with E-state index in [1.807, 2.05) is 35.6 Å². The summed E-state index contributed by atoms with van der Waals surface area (Å²) >= 11 is 1.31. The summed E-state index contributed by atoms with van der Waals surface area (Å²) in [5.41, 5.74) is 6.83. The number of rotatable bonds is 5. The smallest absolute Gasteiger partial charge is 0.349 e. The molecule has 1 saturated heterocycles. The van der Waals surface area contributed by atoms with Crippen LogP contribution in [0, 0.1) is 0 Å². The highest BCUT2D eigenvalue weighted by atomic mass is 32.1. The third-order valence-corrected chi connectivity index (χ3v) is 5.37. The Kier molecular flexibility index (Phi) is 6.27. The monoisotopic (exact) mass is 403 g/mol. The maximum Gasteiger partial charge on any atom is 0.349 e. The fraction of sp³-hybridized carbons (Fsp3) is 0.316. The highest BCUT2D eigenvalue weighted by Crippen LogP contribution is 2.39. The quantitative estimate of drug-likeness (QED) is 0.739. The van der Waals surface area contributed by atoms with Crippen LogP contribution in [0.1, 0.15) is 16.6 Å². The number of morpholine rings is 1. The van der Waals surface area contributed by atoms with E-state index in [-0.39, 0.29) is 0 Å². The number of nitrogens with two attached hydrogens (primary N) is 1. The van der Waals surface area contributed by atoms with Gasteiger partial charge < -0.3 is 20.1 Å². The number of urea groups is 1. The van der Waals surface area contributed by atoms with Gasteiger partial charge in [0.15, 0.2) is 6.10 Å². The number of imide groups is 1. The van der Waals surface area contributed by atoms with Crippen LogP contribution in [0.3, 0.4) is 0 Å². The van der Waals surface area contributed by atoms with Crippen LogP contribution in [0.4, 0.5) is 9.80 Å². The van der Waals surface area contributed by atoms with Crippen molar-refractivity contribution < 1.29 is 23.9 Å². The van der Waals surface area contributed by atoms with E-state index in [0.29, 0.717) is 18.1 Å². The summed E-state index contributed by atoms with van der Waals surface area (Å²) < 4.78 is 10.6. The minimum atomic E-state index is -1.14. The fourth-order valence-electron chi connectivity index (χ4n) is 2.80. The number of nitrogens with one attached hydrogen (secondary N) is 1. The minimum Gasteiger partial charge on any atom is -0.448 e. The zero-order valence-electron chi connectivity index (χ0n) is 15.3. The molecule has 1 aromatic carbocycles. The molecule has 1 atom stereocenters. The van der Waals surface area contributed by atoms with Crippen molar-refractivity contribution in [2.75, 3.05) is 31.2 Å². The van der Waals surface area contributed by atoms with E-state index in [2.05, 4.69) is 4.90 Å². The molecule has 1 aliphatic rings. The summed E-state index contributed by atoms with van der Waals surface area (Å²) in [7, 11) is 0. The normalized spacial score (nSPS) is 15.0. The van der Waals surface area contributed by atoms with Gasteiger partial charge in [0.2, 0.25) is 0 Å². The second kappa shape index (κ2) is 8.85. The first-order chi connectivity index (χ1) is 13.5. The Morgan fingerprint density at radius 3 is 2.54 bits per heavy atom. The molecule has 1 fully saturated rings. The van der Waals surface area contributed by atoms with Crippen LogP contribution in [0.15, 0.2) is 36.4 Å². The van der Waals surface area contributed by atoms with Crippen LogP contribution in [0.25, 0.3) is 11.1 Å². The predicted molar refractivity (Wildman–Crippen MR) is 105 cm³/mol. The van der Waals surface area contributed by atoms with Crippen molar-refractivity contribution in [2.24, 2.45) is 5.73 Å². The number of hydrogen-bond donors (Lipinski definition) is 2. The lowest BCUT2D eigenvalue weighted by atomic mass is 10.1. The summed E-state index contributed by atoms with van der Waals surface area (Å²) in [4.78, 5) is 37.7. The van der Waals surface area contributed by atoms with E-state index in [4.69, 9.17) is 15.2 Å². The number of primary amides is 1. The number of anilines is 1. The SMILES string of the molecule is C[C@H](OC(=O)c1cc(-c2ccccc2)c(N2CCOCC2)s1)C(=O)NC(N)=O. The van der Waals surface area contributed by atoms with Crippen molar-refractivity contribution in [1.82, 2.24) is 5.32 Å². The number of hydrogen-bond acceptors (Lipinski definition) is 7. The van der Waals surface area contributed by atoms with Gasteiger partial charge in [-0.3, -0.25) is 10.1 Å². The fourth-order valence-corrected chi connectivity index (χ4v) is 3.92. The Morgan fingerprint density at radius 2 is 1.89 bits per heavy atom. The van der Waals surface area contributed by atoms with Crippen molar-refractivity contribution in [1.29, 1.82) is 0 Å². The molecule has 3 amide bonds. The molecule has 0 radical (unpaired) electrons. The average Bonchev–Trinajstić information content (AvgIpc) is 3.14. The third-order valence-electron chi connectivity index (χ3n) is 4.20. The highest BCUT2D eigenvalue weighted by Gasteiger charge is 2.25. The van der Waals surface area contributed by atoms with Crippen molar-refractivity contribution >= 4 is 34.2 Å². The molecule has 0 bridgehead atoms. The Balaban J connectivity index is 1.85. The van der Waals surface area contributed by atoms with Gasteiger partial charge in [-0.1, -0.05) is 30.3 Å². The molecule has 0 spiro atoms. The minimum absolute atomic E-state index is 0.374. The van der Waals surface area contributed by atoms with E-state index in [1.165, 1.54) is 18.3 Å². The van der Waals surface area contributed by atoms with Gasteiger partial charge in [0.05, 0.1) is 18.2 Å². The zero-order valence-corrected chi connectivity index (χ0v) is 16.2. The van der Waals surface area contributed by atoms with Crippen LogP contribution in [0.2, 0.25) is 0 Å². The summed E-state index contributed by atoms with van der Waals surface area (Å²) in [6, 6.07) is 10.5. The van der Waals surface area contributed by atoms with Crippen LogP contribution in [-0.4, -0.2) is 50.3 Å². The predicted octanol–water partition coefficient (Wildman–Crippen LogP) is 1.99. The summed E-state index contributed by atoms with van der Waals surface area (Å²) in [6.07, 6.45) is -1.14. The number of ether oxygens (including phenoxy) is 2. The first kappa shape index (κ1) is 19.8. The van der Waals surface area contributed by atoms with Crippen molar-refractivity contribution in [2.45, 2.75) is 13.0 Å². The van der Waals surface area contributed by atoms with Gasteiger partial charge >= 0.3 is 12.0 Å². The van der Waals surface area contributed by atoms with E-state index < -0.39 is 24.0 Å². The van der Waals surface area contributed by atoms with Crippen molar-refractivity contribution in [3.8, 4) is 11.1 Å². The summed E-state index contributed by atoms with van der Waals surface area (Å²) in [5, 5.41) is 2.85. The van der Waals surface area contributed by atoms with Crippen LogP contribution in [-0.2, 0) is 14.3 Å². The average molecular weight is 403 g/mol. The number of amides is 3. The summed E-state index contributed by atoms with van der Waals surface area (Å²) in [6.45, 7) is 4.08. The second-order valence-corrected chi connectivity index (χ2v) is 7.23. The molecule has 0 aliphatic carbocycles. The van der Waals surface area contributed by atoms with Crippen LogP contribution in [0.5, 0.6) is 0 Å². The number of nitrogens with zero attached hydrogens (tertiary/aromatic N) is 1. The molecule has 1 aromatic heterocycles. The third kappa shape index (κ3) is 4.68. The number of carbonyl (C=O) groups excluding carboxylic acids is 3. The van der Waals surface area contributed by atoms with Crippen molar-refractivity contribution in [3.05, 3.63) is 41.3 Å². The lowest BCUT2D eigenvalue weighted by molar-refractivity contribution is -0.127. The maximum atomic E-state index is 12.6. The van der Waals surface area contributed by atoms with Crippen LogP contribution < -0.4 is 16.0 Å². The van der Waals surface area contributed by atoms with Gasteiger partial charge in [0, 0.05) is 18.7 Å². The Labute approximate surface area is 166 Å². The summed E-state index contributed by atoms with van der Waals surface area (Å²) in [5.74, 6) is -1.40. The lowest BCUT2D eigenvalue weighted by Gasteiger charge is -2.28. The molecule has 0 unspecified atom stereocenters. The molecule has 9 heteroatoms. The number of benzene rings is 1. The Hall–Kier alpha value is -2.91. The molecule has 8 nitrogen and oxygen atoms in total. The Bertz CT molecular complexity index is 862. The first-order valence-electron chi connectivity index (χ1n) is 8.79. The molecule has 148 valence electrons. The van der Waals surface area contributed by atoms with Gasteiger partial charge in [0.1, 0.15) is 4.88 Å². The molecule has 2 heterocycles. The van der Waals surface area contributed by atoms with E-state index in [1.54, 1.807) is 6.07 Å². The van der Waals surface area contributed by atoms with Gasteiger partial charge in [-0.15, -0.1) is 11.3 Å². The van der Waals surface area contributed by atoms with E-state index >= 15 is 0 Å². The van der Waals surface area contributed by atoms with Gasteiger partial charge in [-0.2, -0.15) is 0 Å². The number of thiophene rings is 1. The number of esters is 1. The van der Waals surface area contributed by atoms with Gasteiger partial charge in [-0.25, -0.2) is 9.59 Å². The molecule has 2 aromatic rings.